The van der Waals surface area contributed by atoms with Gasteiger partial charge in [-0.1, -0.05) is 36.4 Å². The first-order valence-electron chi connectivity index (χ1n) is 11.1. The third-order valence-electron chi connectivity index (χ3n) is 6.45. The average Bonchev–Trinajstić information content (AvgIpc) is 2.94. The van der Waals surface area contributed by atoms with E-state index in [1.165, 1.54) is 17.7 Å². The van der Waals surface area contributed by atoms with Crippen molar-refractivity contribution in [1.29, 1.82) is 0 Å². The second-order valence-electron chi connectivity index (χ2n) is 9.14. The van der Waals surface area contributed by atoms with Gasteiger partial charge in [-0.05, 0) is 49.3 Å². The summed E-state index contributed by atoms with van der Waals surface area (Å²) in [6, 6.07) is 16.4. The van der Waals surface area contributed by atoms with Crippen LogP contribution in [0.3, 0.4) is 0 Å². The molecular formula is C25H32FNO4. The number of hydrogen-bond acceptors (Lipinski definition) is 5. The van der Waals surface area contributed by atoms with Crippen molar-refractivity contribution < 1.29 is 24.1 Å². The molecule has 1 saturated heterocycles. The molecule has 6 heteroatoms. The van der Waals surface area contributed by atoms with Crippen LogP contribution >= 0.6 is 0 Å². The summed E-state index contributed by atoms with van der Waals surface area (Å²) < 4.78 is 24.7. The van der Waals surface area contributed by atoms with E-state index in [2.05, 4.69) is 29.2 Å². The van der Waals surface area contributed by atoms with Crippen LogP contribution in [0.5, 0.6) is 5.75 Å². The fourth-order valence-corrected chi connectivity index (χ4v) is 4.78. The van der Waals surface area contributed by atoms with Crippen molar-refractivity contribution >= 4 is 0 Å². The first-order valence-corrected chi connectivity index (χ1v) is 11.1. The number of ether oxygens (including phenoxy) is 2. The smallest absolute Gasteiger partial charge is 0.134 e. The zero-order valence-corrected chi connectivity index (χ0v) is 17.9. The third kappa shape index (κ3) is 6.04. The Hall–Kier alpha value is -1.99. The number of aliphatic hydroxyl groups is 2. The molecule has 0 bridgehead atoms. The van der Waals surface area contributed by atoms with Crippen molar-refractivity contribution in [2.24, 2.45) is 0 Å². The molecule has 5 nitrogen and oxygen atoms in total. The van der Waals surface area contributed by atoms with Crippen LogP contribution in [0, 0.1) is 5.82 Å². The van der Waals surface area contributed by atoms with Crippen molar-refractivity contribution in [3.63, 3.8) is 0 Å². The maximum Gasteiger partial charge on any atom is 0.134 e. The van der Waals surface area contributed by atoms with Crippen LogP contribution < -0.4 is 4.74 Å². The quantitative estimate of drug-likeness (QED) is 0.737. The summed E-state index contributed by atoms with van der Waals surface area (Å²) in [7, 11) is 0. The standard InChI is InChI=1S/C25H32FNO4/c26-22-7-4-8-23(15-22)31-19-25(29)17-27(13-14-30-18-25)16-24(28)11-9-21(10-12-24)20-5-2-1-3-6-20/h1-8,15,21,28-29H,9-14,16-19H2/t21?,24?,25-/m1/s1. The molecule has 31 heavy (non-hydrogen) atoms. The summed E-state index contributed by atoms with van der Waals surface area (Å²) in [5.74, 6) is 0.490. The number of rotatable bonds is 6. The average molecular weight is 430 g/mol. The van der Waals surface area contributed by atoms with Crippen molar-refractivity contribution in [3.8, 4) is 5.75 Å². The lowest BCUT2D eigenvalue weighted by molar-refractivity contribution is -0.0766. The van der Waals surface area contributed by atoms with Crippen LogP contribution in [0.4, 0.5) is 4.39 Å². The fourth-order valence-electron chi connectivity index (χ4n) is 4.78. The summed E-state index contributed by atoms with van der Waals surface area (Å²) in [5, 5.41) is 22.3. The maximum absolute atomic E-state index is 13.4. The van der Waals surface area contributed by atoms with Gasteiger partial charge in [-0.2, -0.15) is 0 Å². The number of benzene rings is 2. The Morgan fingerprint density at radius 3 is 2.55 bits per heavy atom. The van der Waals surface area contributed by atoms with Crippen LogP contribution in [-0.2, 0) is 4.74 Å². The normalized spacial score (nSPS) is 30.0. The van der Waals surface area contributed by atoms with Crippen molar-refractivity contribution in [3.05, 3.63) is 66.0 Å². The lowest BCUT2D eigenvalue weighted by Crippen LogP contribution is -2.53. The number of nitrogens with zero attached hydrogens (tertiary/aromatic N) is 1. The molecule has 2 N–H and O–H groups in total. The second-order valence-corrected chi connectivity index (χ2v) is 9.14. The molecule has 2 aromatic carbocycles. The Balaban J connectivity index is 1.33. The highest BCUT2D eigenvalue weighted by molar-refractivity contribution is 5.23. The van der Waals surface area contributed by atoms with E-state index in [4.69, 9.17) is 9.47 Å². The van der Waals surface area contributed by atoms with Gasteiger partial charge in [-0.3, -0.25) is 4.90 Å². The fraction of sp³-hybridized carbons (Fsp3) is 0.520. The number of hydrogen-bond donors (Lipinski definition) is 2. The van der Waals surface area contributed by atoms with E-state index in [1.807, 2.05) is 6.07 Å². The molecule has 2 fully saturated rings. The van der Waals surface area contributed by atoms with Crippen LogP contribution in [0.25, 0.3) is 0 Å². The highest BCUT2D eigenvalue weighted by Crippen LogP contribution is 2.38. The van der Waals surface area contributed by atoms with Crippen molar-refractivity contribution in [1.82, 2.24) is 4.90 Å². The summed E-state index contributed by atoms with van der Waals surface area (Å²) in [6.45, 7) is 2.12. The van der Waals surface area contributed by atoms with Gasteiger partial charge in [0.05, 0.1) is 18.8 Å². The zero-order valence-electron chi connectivity index (χ0n) is 17.9. The van der Waals surface area contributed by atoms with Crippen molar-refractivity contribution in [2.45, 2.75) is 42.8 Å². The van der Waals surface area contributed by atoms with Crippen LogP contribution in [0.2, 0.25) is 0 Å². The maximum atomic E-state index is 13.4. The molecule has 0 unspecified atom stereocenters. The molecule has 0 spiro atoms. The van der Waals surface area contributed by atoms with E-state index in [1.54, 1.807) is 12.1 Å². The van der Waals surface area contributed by atoms with E-state index < -0.39 is 11.2 Å². The molecule has 0 aromatic heterocycles. The highest BCUT2D eigenvalue weighted by Gasteiger charge is 2.39. The predicted octanol–water partition coefficient (Wildman–Crippen LogP) is 3.36. The molecule has 1 atom stereocenters. The lowest BCUT2D eigenvalue weighted by Gasteiger charge is -2.40. The minimum Gasteiger partial charge on any atom is -0.490 e. The lowest BCUT2D eigenvalue weighted by atomic mass is 9.76. The predicted molar refractivity (Wildman–Crippen MR) is 117 cm³/mol. The first kappa shape index (κ1) is 22.2. The number of halogens is 1. The summed E-state index contributed by atoms with van der Waals surface area (Å²) in [6.07, 6.45) is 3.39. The van der Waals surface area contributed by atoms with Gasteiger partial charge >= 0.3 is 0 Å². The minimum atomic E-state index is -1.22. The summed E-state index contributed by atoms with van der Waals surface area (Å²) >= 11 is 0. The van der Waals surface area contributed by atoms with Gasteiger partial charge in [0.15, 0.2) is 0 Å². The molecule has 1 aliphatic heterocycles. The van der Waals surface area contributed by atoms with Crippen molar-refractivity contribution in [2.75, 3.05) is 39.5 Å². The van der Waals surface area contributed by atoms with Crippen LogP contribution in [0.15, 0.2) is 54.6 Å². The van der Waals surface area contributed by atoms with E-state index in [9.17, 15) is 14.6 Å². The molecular weight excluding hydrogens is 397 g/mol. The first-order chi connectivity index (χ1) is 14.9. The highest BCUT2D eigenvalue weighted by atomic mass is 19.1. The summed E-state index contributed by atoms with van der Waals surface area (Å²) in [4.78, 5) is 2.07. The molecule has 1 aliphatic carbocycles. The molecule has 168 valence electrons. The van der Waals surface area contributed by atoms with Crippen LogP contribution in [0.1, 0.15) is 37.2 Å². The van der Waals surface area contributed by atoms with E-state index in [0.717, 1.165) is 25.7 Å². The molecule has 0 amide bonds. The Kier molecular flexibility index (Phi) is 6.92. The third-order valence-corrected chi connectivity index (χ3v) is 6.45. The minimum absolute atomic E-state index is 0.00145. The molecule has 1 heterocycles. The van der Waals surface area contributed by atoms with Gasteiger partial charge in [0.25, 0.3) is 0 Å². The Morgan fingerprint density at radius 2 is 1.81 bits per heavy atom. The monoisotopic (exact) mass is 429 g/mol. The molecule has 0 radical (unpaired) electrons. The molecule has 1 saturated carbocycles. The SMILES string of the molecule is OC1(CN2CCOC[C@@](O)(COc3cccc(F)c3)C2)CCC(c2ccccc2)CC1. The second kappa shape index (κ2) is 9.65. The molecule has 2 aliphatic rings. The van der Waals surface area contributed by atoms with Gasteiger partial charge in [0.1, 0.15) is 23.8 Å². The Bertz CT molecular complexity index is 840. The summed E-state index contributed by atoms with van der Waals surface area (Å²) in [5.41, 5.74) is -0.642. The van der Waals surface area contributed by atoms with Gasteiger partial charge in [-0.15, -0.1) is 0 Å². The van der Waals surface area contributed by atoms with Gasteiger partial charge < -0.3 is 19.7 Å². The largest absolute Gasteiger partial charge is 0.490 e. The zero-order chi connectivity index (χ0) is 21.7. The van der Waals surface area contributed by atoms with E-state index in [0.29, 0.717) is 37.9 Å². The van der Waals surface area contributed by atoms with Crippen LogP contribution in [-0.4, -0.2) is 65.8 Å². The van der Waals surface area contributed by atoms with Gasteiger partial charge in [0, 0.05) is 25.7 Å². The molecule has 2 aromatic rings. The van der Waals surface area contributed by atoms with Gasteiger partial charge in [0.2, 0.25) is 0 Å². The number of β-amino-alcohol motifs (C(OH)–C–C–N with tert-alkyl or cyclic N) is 2. The van der Waals surface area contributed by atoms with E-state index >= 15 is 0 Å². The topological polar surface area (TPSA) is 62.2 Å². The van der Waals surface area contributed by atoms with E-state index in [-0.39, 0.29) is 19.0 Å². The van der Waals surface area contributed by atoms with Gasteiger partial charge in [-0.25, -0.2) is 4.39 Å². The molecule has 4 rings (SSSR count). The Morgan fingerprint density at radius 1 is 1.03 bits per heavy atom. The Labute approximate surface area is 183 Å².